The van der Waals surface area contributed by atoms with Gasteiger partial charge in [-0.25, -0.2) is 0 Å². The highest BCUT2D eigenvalue weighted by molar-refractivity contribution is 7.81. The van der Waals surface area contributed by atoms with Gasteiger partial charge in [0.1, 0.15) is 11.3 Å². The topological polar surface area (TPSA) is 49.9 Å². The smallest absolute Gasteiger partial charge is 0.270 e. The number of halogens is 2. The average molecular weight is 525 g/mol. The van der Waals surface area contributed by atoms with Gasteiger partial charge in [-0.05, 0) is 91.7 Å². The van der Waals surface area contributed by atoms with E-state index >= 15 is 0 Å². The molecule has 1 aliphatic heterocycles. The number of benzene rings is 3. The lowest BCUT2D eigenvalue weighted by Crippen LogP contribution is -2.57. The predicted octanol–water partition coefficient (Wildman–Crippen LogP) is 6.68. The first-order valence-corrected chi connectivity index (χ1v) is 11.9. The quantitative estimate of drug-likeness (QED) is 0.217. The molecule has 0 bridgehead atoms. The largest absolute Gasteiger partial charge is 0.496 e. The van der Waals surface area contributed by atoms with Gasteiger partial charge in [0.15, 0.2) is 5.11 Å². The number of nitrogens with zero attached hydrogens (tertiary/aromatic N) is 2. The standard InChI is InChI=1S/C27H22Cl2N2O3S/c1-15-6-9-19(13-22(15)28)30-25(32)21(11-18-8-5-17(3)24(12-18)34-4)26(33)31(27(30)35)20-10-7-16(2)23(29)14-20/h5-14H,1-4H3. The van der Waals surface area contributed by atoms with Crippen molar-refractivity contribution < 1.29 is 14.3 Å². The molecule has 0 aromatic heterocycles. The lowest BCUT2D eigenvalue weighted by Gasteiger charge is -2.36. The van der Waals surface area contributed by atoms with E-state index in [0.29, 0.717) is 32.7 Å². The molecule has 0 aliphatic carbocycles. The van der Waals surface area contributed by atoms with Crippen molar-refractivity contribution in [3.8, 4) is 5.75 Å². The minimum Gasteiger partial charge on any atom is -0.496 e. The number of carbonyl (C=O) groups is 2. The van der Waals surface area contributed by atoms with Crippen LogP contribution in [0.4, 0.5) is 11.4 Å². The first-order valence-electron chi connectivity index (χ1n) is 10.7. The normalized spacial score (nSPS) is 14.0. The van der Waals surface area contributed by atoms with E-state index in [0.717, 1.165) is 16.7 Å². The van der Waals surface area contributed by atoms with Crippen LogP contribution >= 0.6 is 35.4 Å². The summed E-state index contributed by atoms with van der Waals surface area (Å²) < 4.78 is 5.41. The van der Waals surface area contributed by atoms with Gasteiger partial charge in [0.25, 0.3) is 11.8 Å². The third-order valence-corrected chi connectivity index (χ3v) is 7.00. The Balaban J connectivity index is 1.90. The molecular weight excluding hydrogens is 503 g/mol. The molecule has 3 aromatic carbocycles. The van der Waals surface area contributed by atoms with Crippen LogP contribution in [0.15, 0.2) is 60.2 Å². The fourth-order valence-corrected chi connectivity index (χ4v) is 4.45. The molecule has 8 heteroatoms. The lowest BCUT2D eigenvalue weighted by atomic mass is 10.0. The Labute approximate surface area is 219 Å². The van der Waals surface area contributed by atoms with Crippen molar-refractivity contribution in [3.63, 3.8) is 0 Å². The summed E-state index contributed by atoms with van der Waals surface area (Å²) in [5.41, 5.74) is 4.14. The number of amides is 2. The minimum atomic E-state index is -0.547. The van der Waals surface area contributed by atoms with Crippen LogP contribution in [0.1, 0.15) is 22.3 Å². The number of aryl methyl sites for hydroxylation is 3. The number of methoxy groups -OCH3 is 1. The maximum absolute atomic E-state index is 13.7. The van der Waals surface area contributed by atoms with E-state index in [4.69, 9.17) is 40.2 Å². The molecular formula is C27H22Cl2N2O3S. The molecule has 0 atom stereocenters. The molecule has 0 spiro atoms. The zero-order valence-electron chi connectivity index (χ0n) is 19.6. The van der Waals surface area contributed by atoms with E-state index in [1.165, 1.54) is 9.80 Å². The van der Waals surface area contributed by atoms with Gasteiger partial charge >= 0.3 is 0 Å². The van der Waals surface area contributed by atoms with E-state index < -0.39 is 11.8 Å². The van der Waals surface area contributed by atoms with Gasteiger partial charge in [0.2, 0.25) is 0 Å². The summed E-state index contributed by atoms with van der Waals surface area (Å²) in [5, 5.41) is 0.973. The molecule has 178 valence electrons. The molecule has 0 radical (unpaired) electrons. The van der Waals surface area contributed by atoms with E-state index in [1.807, 2.05) is 32.9 Å². The molecule has 5 nitrogen and oxygen atoms in total. The molecule has 0 N–H and O–H groups in total. The van der Waals surface area contributed by atoms with Gasteiger partial charge in [0.05, 0.1) is 18.5 Å². The van der Waals surface area contributed by atoms with Gasteiger partial charge in [-0.1, -0.05) is 47.5 Å². The van der Waals surface area contributed by atoms with Crippen LogP contribution in [0.2, 0.25) is 10.0 Å². The maximum Gasteiger partial charge on any atom is 0.270 e. The fourth-order valence-electron chi connectivity index (χ4n) is 3.72. The number of anilines is 2. The minimum absolute atomic E-state index is 0.0125. The Kier molecular flexibility index (Phi) is 6.99. The van der Waals surface area contributed by atoms with Crippen molar-refractivity contribution >= 4 is 69.8 Å². The van der Waals surface area contributed by atoms with Crippen LogP contribution in [0.5, 0.6) is 5.75 Å². The molecule has 1 saturated heterocycles. The zero-order valence-corrected chi connectivity index (χ0v) is 21.9. The Hall–Kier alpha value is -3.19. The van der Waals surface area contributed by atoms with E-state index in [1.54, 1.807) is 55.7 Å². The first-order chi connectivity index (χ1) is 16.6. The van der Waals surface area contributed by atoms with Crippen LogP contribution in [0.25, 0.3) is 6.08 Å². The Morgan fingerprint density at radius 3 is 1.71 bits per heavy atom. The van der Waals surface area contributed by atoms with E-state index in [2.05, 4.69) is 0 Å². The van der Waals surface area contributed by atoms with E-state index in [-0.39, 0.29) is 10.7 Å². The second-order valence-electron chi connectivity index (χ2n) is 8.22. The summed E-state index contributed by atoms with van der Waals surface area (Å²) >= 11 is 18.4. The monoisotopic (exact) mass is 524 g/mol. The van der Waals surface area contributed by atoms with Gasteiger partial charge in [-0.3, -0.25) is 19.4 Å². The maximum atomic E-state index is 13.7. The number of ether oxygens (including phenoxy) is 1. The van der Waals surface area contributed by atoms with Gasteiger partial charge in [0, 0.05) is 10.0 Å². The summed E-state index contributed by atoms with van der Waals surface area (Å²) in [6.45, 7) is 5.64. The van der Waals surface area contributed by atoms with Crippen molar-refractivity contribution in [2.45, 2.75) is 20.8 Å². The molecule has 0 saturated carbocycles. The molecule has 2 amide bonds. The summed E-state index contributed by atoms with van der Waals surface area (Å²) in [6, 6.07) is 15.9. The highest BCUT2D eigenvalue weighted by Gasteiger charge is 2.41. The van der Waals surface area contributed by atoms with Crippen molar-refractivity contribution in [2.75, 3.05) is 16.9 Å². The SMILES string of the molecule is COc1cc(C=C2C(=O)N(c3ccc(C)c(Cl)c3)C(=S)N(c3ccc(C)c(Cl)c3)C2=O)ccc1C. The average Bonchev–Trinajstić information content (AvgIpc) is 2.82. The zero-order chi connectivity index (χ0) is 25.4. The second kappa shape index (κ2) is 9.82. The van der Waals surface area contributed by atoms with Crippen molar-refractivity contribution in [1.29, 1.82) is 0 Å². The third-order valence-electron chi connectivity index (χ3n) is 5.82. The van der Waals surface area contributed by atoms with Gasteiger partial charge in [-0.2, -0.15) is 0 Å². The fraction of sp³-hybridized carbons (Fsp3) is 0.148. The lowest BCUT2D eigenvalue weighted by molar-refractivity contribution is -0.120. The Bertz CT molecular complexity index is 1340. The number of hydrogen-bond acceptors (Lipinski definition) is 4. The molecule has 1 fully saturated rings. The summed E-state index contributed by atoms with van der Waals surface area (Å²) in [7, 11) is 1.57. The van der Waals surface area contributed by atoms with Gasteiger partial charge < -0.3 is 4.74 Å². The van der Waals surface area contributed by atoms with Crippen molar-refractivity contribution in [3.05, 3.63) is 92.5 Å². The second-order valence-corrected chi connectivity index (χ2v) is 9.40. The Morgan fingerprint density at radius 1 is 0.771 bits per heavy atom. The van der Waals surface area contributed by atoms with Crippen LogP contribution in [0, 0.1) is 20.8 Å². The summed E-state index contributed by atoms with van der Waals surface area (Å²) in [5.74, 6) is -0.447. The molecule has 35 heavy (non-hydrogen) atoms. The third kappa shape index (κ3) is 4.69. The first kappa shape index (κ1) is 24.9. The van der Waals surface area contributed by atoms with Crippen LogP contribution in [0.3, 0.4) is 0 Å². The summed E-state index contributed by atoms with van der Waals surface area (Å²) in [4.78, 5) is 30.0. The summed E-state index contributed by atoms with van der Waals surface area (Å²) in [6.07, 6.45) is 1.54. The Morgan fingerprint density at radius 2 is 1.26 bits per heavy atom. The van der Waals surface area contributed by atoms with Crippen LogP contribution in [-0.4, -0.2) is 24.0 Å². The predicted molar refractivity (Wildman–Crippen MR) is 146 cm³/mol. The number of rotatable bonds is 4. The molecule has 1 heterocycles. The molecule has 0 unspecified atom stereocenters. The van der Waals surface area contributed by atoms with E-state index in [9.17, 15) is 9.59 Å². The van der Waals surface area contributed by atoms with Crippen molar-refractivity contribution in [2.24, 2.45) is 0 Å². The highest BCUT2D eigenvalue weighted by Crippen LogP contribution is 2.33. The van der Waals surface area contributed by atoms with Crippen LogP contribution in [-0.2, 0) is 9.59 Å². The molecule has 1 aliphatic rings. The number of carbonyl (C=O) groups excluding carboxylic acids is 2. The van der Waals surface area contributed by atoms with Gasteiger partial charge in [-0.15, -0.1) is 0 Å². The number of thiocarbonyl (C=S) groups is 1. The molecule has 3 aromatic rings. The number of hydrogen-bond donors (Lipinski definition) is 0. The van der Waals surface area contributed by atoms with Crippen LogP contribution < -0.4 is 14.5 Å². The highest BCUT2D eigenvalue weighted by atomic mass is 35.5. The van der Waals surface area contributed by atoms with Crippen molar-refractivity contribution in [1.82, 2.24) is 0 Å². The molecule has 4 rings (SSSR count).